The van der Waals surface area contributed by atoms with Crippen LogP contribution in [-0.2, 0) is 15.0 Å². The second-order valence-corrected chi connectivity index (χ2v) is 5.53. The number of ether oxygens (including phenoxy) is 1. The van der Waals surface area contributed by atoms with E-state index in [0.29, 0.717) is 17.1 Å². The van der Waals surface area contributed by atoms with Crippen molar-refractivity contribution in [2.45, 2.75) is 13.0 Å². The maximum Gasteiger partial charge on any atom is 0.410 e. The third-order valence-electron chi connectivity index (χ3n) is 3.23. The van der Waals surface area contributed by atoms with Crippen LogP contribution in [-0.4, -0.2) is 59.1 Å². The summed E-state index contributed by atoms with van der Waals surface area (Å²) in [5, 5.41) is 8.94. The lowest BCUT2D eigenvalue weighted by Gasteiger charge is -2.47. The number of nitrogens with zero attached hydrogens (tertiary/aromatic N) is 2. The van der Waals surface area contributed by atoms with Crippen molar-refractivity contribution in [3.05, 3.63) is 12.0 Å². The van der Waals surface area contributed by atoms with Crippen LogP contribution in [0.5, 0.6) is 0 Å². The quantitative estimate of drug-likeness (QED) is 0.554. The van der Waals surface area contributed by atoms with E-state index in [2.05, 4.69) is 0 Å². The maximum absolute atomic E-state index is 11.3. The molecule has 2 aliphatic heterocycles. The van der Waals surface area contributed by atoms with E-state index in [1.165, 1.54) is 4.90 Å². The number of aliphatic hydroxyl groups is 1. The van der Waals surface area contributed by atoms with Gasteiger partial charge in [-0.15, -0.1) is 0 Å². The highest BCUT2D eigenvalue weighted by atomic mass is 32.2. The number of aliphatic hydroxyl groups excluding tert-OH is 1. The highest BCUT2D eigenvalue weighted by Gasteiger charge is 2.48. The van der Waals surface area contributed by atoms with E-state index >= 15 is 0 Å². The second-order valence-electron chi connectivity index (χ2n) is 4.24. The van der Waals surface area contributed by atoms with Gasteiger partial charge in [0.15, 0.2) is 0 Å². The van der Waals surface area contributed by atoms with Crippen LogP contribution in [0.1, 0.15) is 6.92 Å². The average molecular weight is 278 g/mol. The van der Waals surface area contributed by atoms with Crippen molar-refractivity contribution >= 4 is 16.4 Å². The number of hydrogen-bond acceptors (Lipinski definition) is 5. The Balaban J connectivity index is 2.15. The molecule has 2 fully saturated rings. The first kappa shape index (κ1) is 13.0. The van der Waals surface area contributed by atoms with E-state index in [4.69, 9.17) is 14.4 Å². The Morgan fingerprint density at radius 2 is 2.22 bits per heavy atom. The zero-order valence-electron chi connectivity index (χ0n) is 9.68. The summed E-state index contributed by atoms with van der Waals surface area (Å²) in [6, 6.07) is -0.593. The van der Waals surface area contributed by atoms with Gasteiger partial charge in [-0.25, -0.2) is 9.10 Å². The molecule has 2 aliphatic rings. The fourth-order valence-electron chi connectivity index (χ4n) is 2.24. The third-order valence-corrected chi connectivity index (χ3v) is 4.21. The van der Waals surface area contributed by atoms with Gasteiger partial charge in [-0.1, -0.05) is 6.92 Å². The molecule has 2 saturated heterocycles. The van der Waals surface area contributed by atoms with Crippen molar-refractivity contribution in [1.29, 1.82) is 0 Å². The van der Waals surface area contributed by atoms with Crippen molar-refractivity contribution in [3.8, 4) is 0 Å². The lowest BCUT2D eigenvalue weighted by Crippen LogP contribution is -2.59. The predicted molar refractivity (Wildman–Crippen MR) is 60.0 cm³/mol. The molecule has 0 aromatic carbocycles. The minimum absolute atomic E-state index is 0.107. The topological polar surface area (TPSA) is 107 Å². The molecule has 0 saturated carbocycles. The molecule has 1 amide bonds. The fraction of sp³-hybridized carbons (Fsp3) is 0.667. The zero-order valence-corrected chi connectivity index (χ0v) is 10.5. The fourth-order valence-corrected chi connectivity index (χ4v) is 3.31. The number of rotatable bonds is 3. The van der Waals surface area contributed by atoms with Crippen molar-refractivity contribution in [2.24, 2.45) is 5.92 Å². The first-order valence-corrected chi connectivity index (χ1v) is 6.78. The Bertz CT molecular complexity index is 487. The Morgan fingerprint density at radius 3 is 2.67 bits per heavy atom. The molecule has 2 N–H and O–H groups in total. The minimum Gasteiger partial charge on any atom is -0.514 e. The molecule has 2 rings (SSSR count). The van der Waals surface area contributed by atoms with Crippen LogP contribution in [0.15, 0.2) is 12.0 Å². The molecule has 18 heavy (non-hydrogen) atoms. The highest BCUT2D eigenvalue weighted by Crippen LogP contribution is 2.38. The monoisotopic (exact) mass is 278 g/mol. The van der Waals surface area contributed by atoms with Crippen LogP contribution < -0.4 is 0 Å². The molecule has 2 unspecified atom stereocenters. The third kappa shape index (κ3) is 1.99. The Hall–Kier alpha value is -1.48. The van der Waals surface area contributed by atoms with Crippen molar-refractivity contribution < 1.29 is 27.6 Å². The Morgan fingerprint density at radius 1 is 1.56 bits per heavy atom. The Labute approximate surface area is 104 Å². The zero-order chi connectivity index (χ0) is 13.5. The first-order chi connectivity index (χ1) is 8.36. The Kier molecular flexibility index (Phi) is 3.11. The largest absolute Gasteiger partial charge is 0.514 e. The van der Waals surface area contributed by atoms with Gasteiger partial charge >= 0.3 is 16.4 Å². The number of carbonyl (C=O) groups is 1. The van der Waals surface area contributed by atoms with Crippen molar-refractivity contribution in [3.63, 3.8) is 0 Å². The van der Waals surface area contributed by atoms with Crippen molar-refractivity contribution in [1.82, 2.24) is 9.21 Å². The average Bonchev–Trinajstić information content (AvgIpc) is 2.66. The number of amides is 1. The van der Waals surface area contributed by atoms with Crippen LogP contribution in [0, 0.1) is 5.92 Å². The second kappa shape index (κ2) is 4.32. The van der Waals surface area contributed by atoms with Gasteiger partial charge in [0.05, 0.1) is 24.5 Å². The summed E-state index contributed by atoms with van der Waals surface area (Å²) in [6.07, 6.45) is 0.149. The van der Waals surface area contributed by atoms with Crippen LogP contribution in [0.25, 0.3) is 0 Å². The van der Waals surface area contributed by atoms with Gasteiger partial charge < -0.3 is 14.7 Å². The molecule has 0 spiro atoms. The lowest BCUT2D eigenvalue weighted by atomic mass is 9.89. The summed E-state index contributed by atoms with van der Waals surface area (Å²) in [4.78, 5) is 12.6. The van der Waals surface area contributed by atoms with Gasteiger partial charge in [0.1, 0.15) is 6.61 Å². The number of cyclic esters (lactones) is 1. The van der Waals surface area contributed by atoms with E-state index in [9.17, 15) is 13.2 Å². The molecule has 0 aliphatic carbocycles. The van der Waals surface area contributed by atoms with Crippen LogP contribution in [0.3, 0.4) is 0 Å². The molecule has 9 heteroatoms. The van der Waals surface area contributed by atoms with Crippen molar-refractivity contribution in [2.75, 3.05) is 19.7 Å². The van der Waals surface area contributed by atoms with E-state index < -0.39 is 22.4 Å². The summed E-state index contributed by atoms with van der Waals surface area (Å²) in [5.41, 5.74) is 0.107. The summed E-state index contributed by atoms with van der Waals surface area (Å²) < 4.78 is 36.9. The van der Waals surface area contributed by atoms with Gasteiger partial charge in [-0.05, 0) is 0 Å². The maximum atomic E-state index is 11.3. The molecule has 0 bridgehead atoms. The predicted octanol–water partition coefficient (Wildman–Crippen LogP) is -0.0389. The normalized spacial score (nSPS) is 30.6. The summed E-state index contributed by atoms with van der Waals surface area (Å²) in [6.45, 7) is 2.49. The van der Waals surface area contributed by atoms with E-state index in [1.54, 1.807) is 6.92 Å². The summed E-state index contributed by atoms with van der Waals surface area (Å²) in [5.74, 6) is -0.273. The van der Waals surface area contributed by atoms with Gasteiger partial charge in [0, 0.05) is 12.5 Å². The van der Waals surface area contributed by atoms with E-state index in [-0.39, 0.29) is 24.8 Å². The molecular formula is C9H14N2O6S. The van der Waals surface area contributed by atoms with Crippen LogP contribution >= 0.6 is 0 Å². The number of carbonyl (C=O) groups excluding carboxylic acids is 1. The summed E-state index contributed by atoms with van der Waals surface area (Å²) >= 11 is 0. The first-order valence-electron chi connectivity index (χ1n) is 5.39. The van der Waals surface area contributed by atoms with Gasteiger partial charge in [-0.2, -0.15) is 8.42 Å². The molecule has 2 heterocycles. The van der Waals surface area contributed by atoms with Crippen LogP contribution in [0.4, 0.5) is 4.79 Å². The van der Waals surface area contributed by atoms with Gasteiger partial charge in [0.25, 0.3) is 0 Å². The van der Waals surface area contributed by atoms with Gasteiger partial charge in [-0.3, -0.25) is 4.55 Å². The standard InChI is InChI=1S/C9H14N2O6S/c1-6-7(4-10-2-3-17-9(10)13)11(8(6)5-12)18(14,15)16/h5-7,12H,2-4H2,1H3,(H,14,15,16)/b8-5+. The smallest absolute Gasteiger partial charge is 0.410 e. The van der Waals surface area contributed by atoms with E-state index in [1.807, 2.05) is 0 Å². The van der Waals surface area contributed by atoms with Crippen LogP contribution in [0.2, 0.25) is 0 Å². The van der Waals surface area contributed by atoms with Gasteiger partial charge in [0.2, 0.25) is 0 Å². The molecule has 102 valence electrons. The molecule has 0 aromatic rings. The lowest BCUT2D eigenvalue weighted by molar-refractivity contribution is 0.114. The molecule has 0 aromatic heterocycles. The SMILES string of the molecule is CC1/C(=C\O)N(S(=O)(=O)O)C1CN1CCOC1=O. The molecule has 8 nitrogen and oxygen atoms in total. The molecular weight excluding hydrogens is 264 g/mol. The molecule has 2 atom stereocenters. The number of hydrogen-bond donors (Lipinski definition) is 2. The summed E-state index contributed by atoms with van der Waals surface area (Å²) in [7, 11) is -4.44. The van der Waals surface area contributed by atoms with E-state index in [0.717, 1.165) is 0 Å². The minimum atomic E-state index is -4.44. The molecule has 0 radical (unpaired) electrons. The highest BCUT2D eigenvalue weighted by molar-refractivity contribution is 7.83.